The molecule has 1 aromatic carbocycles. The van der Waals surface area contributed by atoms with Crippen molar-refractivity contribution in [2.45, 2.75) is 19.0 Å². The van der Waals surface area contributed by atoms with Crippen LogP contribution in [0.15, 0.2) is 25.8 Å². The smallest absolute Gasteiger partial charge is 0.234 e. The monoisotopic (exact) mass is 593 g/mol. The third kappa shape index (κ3) is 4.80. The van der Waals surface area contributed by atoms with E-state index in [0.717, 1.165) is 44.9 Å². The molecule has 0 spiro atoms. The van der Waals surface area contributed by atoms with Crippen molar-refractivity contribution in [2.75, 3.05) is 32.7 Å². The first-order valence-electron chi connectivity index (χ1n) is 9.51. The normalized spacial score (nSPS) is 19.9. The van der Waals surface area contributed by atoms with E-state index in [1.165, 1.54) is 11.3 Å². The van der Waals surface area contributed by atoms with Gasteiger partial charge < -0.3 is 5.32 Å². The van der Waals surface area contributed by atoms with Crippen molar-refractivity contribution in [3.8, 4) is 0 Å². The molecule has 1 aromatic heterocycles. The molecule has 2 aliphatic rings. The molecule has 0 bridgehead atoms. The fourth-order valence-electron chi connectivity index (χ4n) is 3.93. The second-order valence-electron chi connectivity index (χ2n) is 7.44. The lowest BCUT2D eigenvalue weighted by molar-refractivity contribution is -0.123. The highest BCUT2D eigenvalue weighted by atomic mass is 79.9. The minimum absolute atomic E-state index is 0.0579. The Morgan fingerprint density at radius 1 is 1.10 bits per heavy atom. The van der Waals surface area contributed by atoms with Gasteiger partial charge >= 0.3 is 0 Å². The summed E-state index contributed by atoms with van der Waals surface area (Å²) in [4.78, 5) is 29.3. The fraction of sp³-hybridized carbons (Fsp3) is 0.400. The molecule has 1 unspecified atom stereocenters. The van der Waals surface area contributed by atoms with Crippen LogP contribution in [0.4, 0.5) is 0 Å². The van der Waals surface area contributed by atoms with Crippen LogP contribution in [-0.2, 0) is 11.3 Å². The molecule has 1 aliphatic heterocycles. The van der Waals surface area contributed by atoms with Gasteiger partial charge in [0.25, 0.3) is 0 Å². The van der Waals surface area contributed by atoms with Crippen molar-refractivity contribution in [1.82, 2.24) is 15.1 Å². The third-order valence-electron chi connectivity index (χ3n) is 5.48. The molecule has 1 aliphatic carbocycles. The Morgan fingerprint density at radius 3 is 2.40 bits per heavy atom. The van der Waals surface area contributed by atoms with Crippen molar-refractivity contribution in [3.63, 3.8) is 0 Å². The van der Waals surface area contributed by atoms with Gasteiger partial charge in [0.1, 0.15) is 0 Å². The number of carbonyl (C=O) groups excluding carboxylic acids is 2. The molecule has 5 nitrogen and oxygen atoms in total. The van der Waals surface area contributed by atoms with Crippen molar-refractivity contribution in [1.29, 1.82) is 0 Å². The summed E-state index contributed by atoms with van der Waals surface area (Å²) in [5, 5.41) is 4.40. The Kier molecular flexibility index (Phi) is 7.24. The van der Waals surface area contributed by atoms with Crippen LogP contribution in [0.25, 0.3) is 0 Å². The lowest BCUT2D eigenvalue weighted by atomic mass is 10.2. The summed E-state index contributed by atoms with van der Waals surface area (Å²) < 4.78 is 1.72. The highest BCUT2D eigenvalue weighted by Crippen LogP contribution is 2.46. The predicted molar refractivity (Wildman–Crippen MR) is 128 cm³/mol. The third-order valence-corrected chi connectivity index (χ3v) is 8.77. The lowest BCUT2D eigenvalue weighted by Crippen LogP contribution is -2.49. The predicted octanol–water partition coefficient (Wildman–Crippen LogP) is 5.14. The number of ketones is 1. The van der Waals surface area contributed by atoms with E-state index >= 15 is 0 Å². The maximum absolute atomic E-state index is 12.6. The zero-order valence-electron chi connectivity index (χ0n) is 15.9. The summed E-state index contributed by atoms with van der Waals surface area (Å²) in [6, 6.07) is 5.29. The van der Waals surface area contributed by atoms with Crippen LogP contribution in [0.2, 0.25) is 10.0 Å². The van der Waals surface area contributed by atoms with Crippen LogP contribution < -0.4 is 5.32 Å². The number of Topliss-reactive ketones (excluding diaryl/α,β-unsaturated/α-hetero) is 1. The van der Waals surface area contributed by atoms with Crippen molar-refractivity contribution in [2.24, 2.45) is 0 Å². The van der Waals surface area contributed by atoms with Crippen LogP contribution in [0, 0.1) is 0 Å². The van der Waals surface area contributed by atoms with Gasteiger partial charge in [0, 0.05) is 65.9 Å². The van der Waals surface area contributed by atoms with E-state index in [-0.39, 0.29) is 17.7 Å². The van der Waals surface area contributed by atoms with Crippen molar-refractivity contribution in [3.05, 3.63) is 52.5 Å². The summed E-state index contributed by atoms with van der Waals surface area (Å²) in [6.45, 7) is 4.28. The van der Waals surface area contributed by atoms with Crippen LogP contribution >= 0.6 is 66.4 Å². The van der Waals surface area contributed by atoms with E-state index in [1.807, 2.05) is 18.2 Å². The van der Waals surface area contributed by atoms with Crippen LogP contribution in [-0.4, -0.2) is 54.2 Å². The standard InChI is InChI=1S/C20H19Br2Cl2N3O2S/c21-19-17-14(8-15(28)18(17)20(22)30-19)25-16(29)10-27-6-4-26(5-7-27)9-11-12(23)2-1-3-13(11)24/h1-3,14H,4-10H2,(H,25,29). The Balaban J connectivity index is 1.29. The minimum Gasteiger partial charge on any atom is -0.348 e. The number of amides is 1. The molecule has 1 amide bonds. The van der Waals surface area contributed by atoms with Gasteiger partial charge in [-0.2, -0.15) is 0 Å². The van der Waals surface area contributed by atoms with Crippen LogP contribution in [0.5, 0.6) is 0 Å². The topological polar surface area (TPSA) is 52.7 Å². The van der Waals surface area contributed by atoms with E-state index in [0.29, 0.717) is 35.1 Å². The van der Waals surface area contributed by atoms with E-state index in [4.69, 9.17) is 23.2 Å². The number of nitrogens with one attached hydrogen (secondary N) is 1. The number of nitrogens with zero attached hydrogens (tertiary/aromatic N) is 2. The van der Waals surface area contributed by atoms with E-state index < -0.39 is 0 Å². The number of carbonyl (C=O) groups is 2. The highest BCUT2D eigenvalue weighted by molar-refractivity contribution is 9.12. The van der Waals surface area contributed by atoms with Gasteiger partial charge in [-0.05, 0) is 44.0 Å². The molecular formula is C20H19Br2Cl2N3O2S. The molecule has 2 heterocycles. The first-order chi connectivity index (χ1) is 14.3. The zero-order chi connectivity index (χ0) is 21.4. The van der Waals surface area contributed by atoms with Gasteiger partial charge in [-0.3, -0.25) is 19.4 Å². The number of benzene rings is 1. The first kappa shape index (κ1) is 22.7. The maximum Gasteiger partial charge on any atom is 0.234 e. The first-order valence-corrected chi connectivity index (χ1v) is 12.7. The molecule has 160 valence electrons. The fourth-order valence-corrected chi connectivity index (χ4v) is 7.81. The number of hydrogen-bond acceptors (Lipinski definition) is 5. The molecule has 10 heteroatoms. The zero-order valence-corrected chi connectivity index (χ0v) is 21.4. The van der Waals surface area contributed by atoms with Gasteiger partial charge in [0.15, 0.2) is 5.78 Å². The summed E-state index contributed by atoms with van der Waals surface area (Å²) in [5.41, 5.74) is 2.54. The Labute approximate surface area is 206 Å². The molecule has 1 fully saturated rings. The largest absolute Gasteiger partial charge is 0.348 e. The number of fused-ring (bicyclic) bond motifs is 1. The number of halogens is 4. The molecule has 0 saturated carbocycles. The minimum atomic E-state index is -0.263. The highest BCUT2D eigenvalue weighted by Gasteiger charge is 2.36. The lowest BCUT2D eigenvalue weighted by Gasteiger charge is -2.34. The van der Waals surface area contributed by atoms with Crippen LogP contribution in [0.1, 0.15) is 33.9 Å². The molecule has 4 rings (SSSR count). The Hall–Kier alpha value is -0.480. The summed E-state index contributed by atoms with van der Waals surface area (Å²) in [7, 11) is 0. The maximum atomic E-state index is 12.6. The van der Waals surface area contributed by atoms with Crippen molar-refractivity contribution < 1.29 is 9.59 Å². The second-order valence-corrected chi connectivity index (χ2v) is 11.9. The van der Waals surface area contributed by atoms with Gasteiger partial charge in [-0.25, -0.2) is 0 Å². The van der Waals surface area contributed by atoms with Gasteiger partial charge in [0.2, 0.25) is 5.91 Å². The molecule has 1 N–H and O–H groups in total. The Bertz CT molecular complexity index is 972. The molecule has 0 radical (unpaired) electrons. The van der Waals surface area contributed by atoms with E-state index in [1.54, 1.807) is 0 Å². The summed E-state index contributed by atoms with van der Waals surface area (Å²) >= 11 is 21.0. The quantitative estimate of drug-likeness (QED) is 0.520. The molecular weight excluding hydrogens is 577 g/mol. The van der Waals surface area contributed by atoms with Crippen LogP contribution in [0.3, 0.4) is 0 Å². The molecule has 30 heavy (non-hydrogen) atoms. The van der Waals surface area contributed by atoms with Gasteiger partial charge in [-0.1, -0.05) is 29.3 Å². The number of thiophene rings is 1. The van der Waals surface area contributed by atoms with Crippen molar-refractivity contribution >= 4 is 78.1 Å². The second kappa shape index (κ2) is 9.57. The number of hydrogen-bond donors (Lipinski definition) is 1. The Morgan fingerprint density at radius 2 is 1.73 bits per heavy atom. The SMILES string of the molecule is O=C(CN1CCN(Cc2c(Cl)cccc2Cl)CC1)NC1CC(=O)c2c(Br)sc(Br)c21. The van der Waals surface area contributed by atoms with Gasteiger partial charge in [0.05, 0.1) is 20.2 Å². The molecule has 2 aromatic rings. The average molecular weight is 596 g/mol. The number of piperazine rings is 1. The molecule has 1 saturated heterocycles. The average Bonchev–Trinajstić information content (AvgIpc) is 3.17. The van der Waals surface area contributed by atoms with E-state index in [2.05, 4.69) is 47.0 Å². The summed E-state index contributed by atoms with van der Waals surface area (Å²) in [5.74, 6) is 0.00782. The summed E-state index contributed by atoms with van der Waals surface area (Å²) in [6.07, 6.45) is 0.313. The molecule has 1 atom stereocenters. The number of rotatable bonds is 5. The van der Waals surface area contributed by atoms with Gasteiger partial charge in [-0.15, -0.1) is 11.3 Å². The van der Waals surface area contributed by atoms with E-state index in [9.17, 15) is 9.59 Å².